The minimum absolute atomic E-state index is 0.0518. The number of amides is 1. The van der Waals surface area contributed by atoms with E-state index in [0.717, 1.165) is 41.3 Å². The highest BCUT2D eigenvalue weighted by Gasteiger charge is 2.33. The van der Waals surface area contributed by atoms with Gasteiger partial charge in [0, 0.05) is 43.8 Å². The fraction of sp³-hybridized carbons (Fsp3) is 0.450. The third-order valence-electron chi connectivity index (χ3n) is 5.34. The number of hydrogen-bond acceptors (Lipinski definition) is 5. The molecular weight excluding hydrogens is 344 g/mol. The van der Waals surface area contributed by atoms with Crippen molar-refractivity contribution < 1.29 is 4.79 Å². The Bertz CT molecular complexity index is 825. The van der Waals surface area contributed by atoms with Crippen LogP contribution in [-0.4, -0.2) is 37.5 Å². The summed E-state index contributed by atoms with van der Waals surface area (Å²) in [6.45, 7) is 6.44. The first-order valence-corrected chi connectivity index (χ1v) is 9.99. The Kier molecular flexibility index (Phi) is 4.40. The maximum absolute atomic E-state index is 12.8. The lowest BCUT2D eigenvalue weighted by Crippen LogP contribution is -2.39. The lowest BCUT2D eigenvalue weighted by molar-refractivity contribution is 0.0934. The third kappa shape index (κ3) is 2.97. The SMILES string of the molecule is CC(C)N1CCc2c(sc3c2C(=O)N[C@H](c2ccc(N(C)C)cc2)N3)C1. The molecule has 1 aromatic heterocycles. The van der Waals surface area contributed by atoms with E-state index in [1.807, 2.05) is 14.1 Å². The molecule has 0 fully saturated rings. The summed E-state index contributed by atoms with van der Waals surface area (Å²) >= 11 is 1.75. The fourth-order valence-corrected chi connectivity index (χ4v) is 5.01. The number of thiophene rings is 1. The smallest absolute Gasteiger partial charge is 0.256 e. The van der Waals surface area contributed by atoms with Crippen molar-refractivity contribution in [2.24, 2.45) is 0 Å². The van der Waals surface area contributed by atoms with E-state index in [-0.39, 0.29) is 12.1 Å². The van der Waals surface area contributed by atoms with Gasteiger partial charge in [-0.2, -0.15) is 0 Å². The first kappa shape index (κ1) is 17.4. The van der Waals surface area contributed by atoms with Gasteiger partial charge < -0.3 is 15.5 Å². The summed E-state index contributed by atoms with van der Waals surface area (Å²) in [7, 11) is 4.05. The summed E-state index contributed by atoms with van der Waals surface area (Å²) < 4.78 is 0. The van der Waals surface area contributed by atoms with Crippen molar-refractivity contribution >= 4 is 27.9 Å². The van der Waals surface area contributed by atoms with Crippen LogP contribution in [0.3, 0.4) is 0 Å². The molecule has 0 aliphatic carbocycles. The maximum atomic E-state index is 12.8. The van der Waals surface area contributed by atoms with E-state index in [1.165, 1.54) is 10.4 Å². The number of anilines is 2. The van der Waals surface area contributed by atoms with Crippen LogP contribution >= 0.6 is 11.3 Å². The molecule has 26 heavy (non-hydrogen) atoms. The van der Waals surface area contributed by atoms with Crippen LogP contribution < -0.4 is 15.5 Å². The van der Waals surface area contributed by atoms with Gasteiger partial charge in [0.25, 0.3) is 5.91 Å². The van der Waals surface area contributed by atoms with E-state index >= 15 is 0 Å². The number of hydrogen-bond donors (Lipinski definition) is 2. The van der Waals surface area contributed by atoms with Crippen LogP contribution in [0.25, 0.3) is 0 Å². The monoisotopic (exact) mass is 370 g/mol. The van der Waals surface area contributed by atoms with Gasteiger partial charge in [-0.3, -0.25) is 9.69 Å². The van der Waals surface area contributed by atoms with Gasteiger partial charge in [-0.05, 0) is 43.5 Å². The van der Waals surface area contributed by atoms with Crippen LogP contribution in [0.15, 0.2) is 24.3 Å². The second kappa shape index (κ2) is 6.59. The number of rotatable bonds is 3. The molecule has 3 heterocycles. The molecule has 4 rings (SSSR count). The molecular formula is C20H26N4OS. The van der Waals surface area contributed by atoms with Gasteiger partial charge in [0.1, 0.15) is 11.2 Å². The average molecular weight is 371 g/mol. The van der Waals surface area contributed by atoms with Crippen LogP contribution in [0.5, 0.6) is 0 Å². The Labute approximate surface area is 159 Å². The van der Waals surface area contributed by atoms with Gasteiger partial charge in [-0.15, -0.1) is 11.3 Å². The molecule has 1 amide bonds. The van der Waals surface area contributed by atoms with Gasteiger partial charge in [0.05, 0.1) is 5.56 Å². The standard InChI is InChI=1S/C20H26N4OS/c1-12(2)24-10-9-15-16(11-24)26-20-17(15)19(25)21-18(22-20)13-5-7-14(8-6-13)23(3)4/h5-8,12,18,22H,9-11H2,1-4H3,(H,21,25)/t18-/m0/s1. The molecule has 2 aliphatic rings. The molecule has 138 valence electrons. The van der Waals surface area contributed by atoms with Gasteiger partial charge in [-0.1, -0.05) is 12.1 Å². The number of nitrogens with one attached hydrogen (secondary N) is 2. The second-order valence-corrected chi connectivity index (χ2v) is 8.66. The van der Waals surface area contributed by atoms with Crippen molar-refractivity contribution in [2.45, 2.75) is 39.0 Å². The molecule has 0 radical (unpaired) electrons. The first-order valence-electron chi connectivity index (χ1n) is 9.17. The van der Waals surface area contributed by atoms with Crippen LogP contribution in [-0.2, 0) is 13.0 Å². The molecule has 5 nitrogen and oxygen atoms in total. The minimum atomic E-state index is -0.174. The zero-order valence-electron chi connectivity index (χ0n) is 15.8. The number of benzene rings is 1. The number of nitrogens with zero attached hydrogens (tertiary/aromatic N) is 2. The molecule has 2 aliphatic heterocycles. The van der Waals surface area contributed by atoms with Crippen LogP contribution in [0.2, 0.25) is 0 Å². The van der Waals surface area contributed by atoms with E-state index in [1.54, 1.807) is 11.3 Å². The zero-order chi connectivity index (χ0) is 18.4. The quantitative estimate of drug-likeness (QED) is 0.869. The highest BCUT2D eigenvalue weighted by Crippen LogP contribution is 2.41. The van der Waals surface area contributed by atoms with Gasteiger partial charge in [-0.25, -0.2) is 0 Å². The molecule has 1 aromatic carbocycles. The molecule has 2 N–H and O–H groups in total. The highest BCUT2D eigenvalue weighted by molar-refractivity contribution is 7.16. The maximum Gasteiger partial charge on any atom is 0.256 e. The average Bonchev–Trinajstić information content (AvgIpc) is 2.99. The Morgan fingerprint density at radius 3 is 2.58 bits per heavy atom. The van der Waals surface area contributed by atoms with Gasteiger partial charge in [0.2, 0.25) is 0 Å². The largest absolute Gasteiger partial charge is 0.378 e. The van der Waals surface area contributed by atoms with E-state index in [4.69, 9.17) is 0 Å². The Hall–Kier alpha value is -2.05. The predicted molar refractivity (Wildman–Crippen MR) is 108 cm³/mol. The van der Waals surface area contributed by atoms with Crippen molar-refractivity contribution in [3.63, 3.8) is 0 Å². The van der Waals surface area contributed by atoms with Crippen molar-refractivity contribution in [3.05, 3.63) is 45.8 Å². The Morgan fingerprint density at radius 2 is 1.92 bits per heavy atom. The molecule has 2 aromatic rings. The van der Waals surface area contributed by atoms with Crippen molar-refractivity contribution in [3.8, 4) is 0 Å². The molecule has 1 atom stereocenters. The normalized spacial score (nSPS) is 19.6. The number of carbonyl (C=O) groups excluding carboxylic acids is 1. The van der Waals surface area contributed by atoms with Crippen molar-refractivity contribution in [1.82, 2.24) is 10.2 Å². The number of fused-ring (bicyclic) bond motifs is 3. The van der Waals surface area contributed by atoms with Crippen molar-refractivity contribution in [1.29, 1.82) is 0 Å². The number of carbonyl (C=O) groups is 1. The van der Waals surface area contributed by atoms with E-state index in [0.29, 0.717) is 6.04 Å². The molecule has 0 bridgehead atoms. The summed E-state index contributed by atoms with van der Waals surface area (Å²) in [5, 5.41) is 7.70. The molecule has 0 saturated carbocycles. The minimum Gasteiger partial charge on any atom is -0.378 e. The Morgan fingerprint density at radius 1 is 1.19 bits per heavy atom. The lowest BCUT2D eigenvalue weighted by atomic mass is 9.99. The Balaban J connectivity index is 1.60. The molecule has 0 unspecified atom stereocenters. The van der Waals surface area contributed by atoms with E-state index in [2.05, 4.69) is 58.5 Å². The van der Waals surface area contributed by atoms with E-state index in [9.17, 15) is 4.79 Å². The summed E-state index contributed by atoms with van der Waals surface area (Å²) in [4.78, 5) is 18.7. The summed E-state index contributed by atoms with van der Waals surface area (Å²) in [6.07, 6.45) is 0.781. The highest BCUT2D eigenvalue weighted by atomic mass is 32.1. The lowest BCUT2D eigenvalue weighted by Gasteiger charge is -2.31. The molecule has 0 spiro atoms. The second-order valence-electron chi connectivity index (χ2n) is 7.56. The van der Waals surface area contributed by atoms with Crippen LogP contribution in [0.1, 0.15) is 46.4 Å². The van der Waals surface area contributed by atoms with Gasteiger partial charge in [0.15, 0.2) is 0 Å². The zero-order valence-corrected chi connectivity index (χ0v) is 16.6. The first-order chi connectivity index (χ1) is 12.4. The third-order valence-corrected chi connectivity index (χ3v) is 6.49. The summed E-state index contributed by atoms with van der Waals surface area (Å²) in [5.74, 6) is 0.0518. The predicted octanol–water partition coefficient (Wildman–Crippen LogP) is 3.43. The summed E-state index contributed by atoms with van der Waals surface area (Å²) in [5.41, 5.74) is 4.34. The van der Waals surface area contributed by atoms with Crippen molar-refractivity contribution in [2.75, 3.05) is 30.9 Å². The van der Waals surface area contributed by atoms with E-state index < -0.39 is 0 Å². The molecule has 6 heteroatoms. The van der Waals surface area contributed by atoms with Gasteiger partial charge >= 0.3 is 0 Å². The topological polar surface area (TPSA) is 47.6 Å². The molecule has 0 saturated heterocycles. The van der Waals surface area contributed by atoms with Crippen LogP contribution in [0, 0.1) is 0 Å². The fourth-order valence-electron chi connectivity index (χ4n) is 3.71. The summed E-state index contributed by atoms with van der Waals surface area (Å²) in [6, 6.07) is 8.85. The van der Waals surface area contributed by atoms with Crippen LogP contribution in [0.4, 0.5) is 10.7 Å².